The van der Waals surface area contributed by atoms with Crippen LogP contribution in [0.15, 0.2) is 47.6 Å². The number of hydrogen-bond donors (Lipinski definition) is 1. The molecule has 25 heavy (non-hydrogen) atoms. The lowest BCUT2D eigenvalue weighted by molar-refractivity contribution is -0.121. The van der Waals surface area contributed by atoms with Gasteiger partial charge in [0.25, 0.3) is 0 Å². The topological polar surface area (TPSA) is 50.7 Å². The number of carbonyl (C=O) groups excluding carboxylic acids is 1. The molecule has 6 heteroatoms. The van der Waals surface area contributed by atoms with Gasteiger partial charge in [-0.25, -0.2) is 5.43 Å². The van der Waals surface area contributed by atoms with E-state index in [0.29, 0.717) is 35.2 Å². The lowest BCUT2D eigenvalue weighted by atomic mass is 10.1. The number of rotatable bonds is 6. The van der Waals surface area contributed by atoms with Crippen molar-refractivity contribution in [3.63, 3.8) is 0 Å². The highest BCUT2D eigenvalue weighted by Gasteiger charge is 2.17. The summed E-state index contributed by atoms with van der Waals surface area (Å²) in [5, 5.41) is 5.29. The van der Waals surface area contributed by atoms with Crippen LogP contribution < -0.4 is 10.2 Å². The van der Waals surface area contributed by atoms with Crippen molar-refractivity contribution in [1.29, 1.82) is 0 Å². The number of amides is 1. The van der Waals surface area contributed by atoms with E-state index < -0.39 is 0 Å². The van der Waals surface area contributed by atoms with Gasteiger partial charge in [0, 0.05) is 17.0 Å². The van der Waals surface area contributed by atoms with E-state index in [-0.39, 0.29) is 5.91 Å². The lowest BCUT2D eigenvalue weighted by Gasteiger charge is -2.08. The third kappa shape index (κ3) is 4.74. The normalized spacial score (nSPS) is 14.4. The number of halogens is 2. The minimum Gasteiger partial charge on any atom is -0.492 e. The van der Waals surface area contributed by atoms with Crippen LogP contribution in [0.1, 0.15) is 30.4 Å². The quantitative estimate of drug-likeness (QED) is 0.590. The molecule has 1 aliphatic carbocycles. The number of hydrazone groups is 1. The fraction of sp³-hybridized carbons (Fsp3) is 0.263. The zero-order valence-corrected chi connectivity index (χ0v) is 15.1. The molecule has 0 atom stereocenters. The first-order chi connectivity index (χ1) is 12.1. The Morgan fingerprint density at radius 3 is 2.84 bits per heavy atom. The van der Waals surface area contributed by atoms with Crippen LogP contribution in [-0.4, -0.2) is 18.2 Å². The molecule has 0 spiro atoms. The number of aryl methyl sites for hydroxylation is 1. The summed E-state index contributed by atoms with van der Waals surface area (Å²) in [5.74, 6) is 0.442. The summed E-state index contributed by atoms with van der Waals surface area (Å²) in [7, 11) is 0. The van der Waals surface area contributed by atoms with Crippen molar-refractivity contribution < 1.29 is 9.53 Å². The van der Waals surface area contributed by atoms with E-state index >= 15 is 0 Å². The monoisotopic (exact) mass is 376 g/mol. The van der Waals surface area contributed by atoms with Gasteiger partial charge in [0.05, 0.1) is 17.3 Å². The second-order valence-electron chi connectivity index (χ2n) is 5.78. The molecule has 2 aromatic rings. The van der Waals surface area contributed by atoms with E-state index in [0.717, 1.165) is 24.1 Å². The van der Waals surface area contributed by atoms with E-state index in [1.807, 2.05) is 18.2 Å². The molecule has 0 unspecified atom stereocenters. The highest BCUT2D eigenvalue weighted by Crippen LogP contribution is 2.27. The number of ether oxygens (including phenoxy) is 1. The number of benzene rings is 2. The summed E-state index contributed by atoms with van der Waals surface area (Å²) in [6.07, 6.45) is 2.74. The van der Waals surface area contributed by atoms with Crippen LogP contribution in [0.3, 0.4) is 0 Å². The largest absolute Gasteiger partial charge is 0.492 e. The van der Waals surface area contributed by atoms with Gasteiger partial charge in [-0.15, -0.1) is 0 Å². The number of hydrogen-bond acceptors (Lipinski definition) is 3. The molecule has 0 aromatic heterocycles. The molecule has 0 bridgehead atoms. The Hall–Kier alpha value is -2.04. The molecule has 0 saturated heterocycles. The van der Waals surface area contributed by atoms with E-state index in [2.05, 4.69) is 16.6 Å². The zero-order chi connectivity index (χ0) is 17.6. The van der Waals surface area contributed by atoms with Crippen molar-refractivity contribution in [2.75, 3.05) is 6.61 Å². The Labute approximate surface area is 156 Å². The van der Waals surface area contributed by atoms with E-state index in [1.165, 1.54) is 5.56 Å². The Morgan fingerprint density at radius 2 is 2.00 bits per heavy atom. The van der Waals surface area contributed by atoms with Gasteiger partial charge in [0.1, 0.15) is 5.75 Å². The average molecular weight is 377 g/mol. The second kappa shape index (κ2) is 8.37. The Morgan fingerprint density at radius 1 is 1.16 bits per heavy atom. The van der Waals surface area contributed by atoms with Crippen molar-refractivity contribution in [2.24, 2.45) is 5.10 Å². The fourth-order valence-corrected chi connectivity index (χ4v) is 3.18. The van der Waals surface area contributed by atoms with Gasteiger partial charge in [0.15, 0.2) is 0 Å². The molecular formula is C19H18Cl2N2O2. The first-order valence-electron chi connectivity index (χ1n) is 8.15. The molecule has 130 valence electrons. The van der Waals surface area contributed by atoms with Gasteiger partial charge < -0.3 is 4.74 Å². The van der Waals surface area contributed by atoms with Crippen LogP contribution in [0.25, 0.3) is 0 Å². The van der Waals surface area contributed by atoms with Gasteiger partial charge in [-0.3, -0.25) is 4.79 Å². The molecule has 1 amide bonds. The summed E-state index contributed by atoms with van der Waals surface area (Å²) >= 11 is 11.9. The summed E-state index contributed by atoms with van der Waals surface area (Å²) in [6.45, 7) is 0.397. The zero-order valence-electron chi connectivity index (χ0n) is 13.6. The highest BCUT2D eigenvalue weighted by atomic mass is 35.5. The molecular weight excluding hydrogens is 359 g/mol. The number of fused-ring (bicyclic) bond motifs is 1. The first-order valence-corrected chi connectivity index (χ1v) is 8.90. The number of nitrogens with zero attached hydrogens (tertiary/aromatic N) is 1. The lowest BCUT2D eigenvalue weighted by Crippen LogP contribution is -2.19. The molecule has 1 aliphatic rings. The third-order valence-electron chi connectivity index (χ3n) is 3.97. The maximum Gasteiger partial charge on any atom is 0.240 e. The molecule has 0 saturated carbocycles. The van der Waals surface area contributed by atoms with Crippen molar-refractivity contribution in [3.8, 4) is 5.75 Å². The van der Waals surface area contributed by atoms with Crippen LogP contribution >= 0.6 is 23.2 Å². The minimum absolute atomic E-state index is 0.123. The third-order valence-corrected chi connectivity index (χ3v) is 4.51. The van der Waals surface area contributed by atoms with Gasteiger partial charge in [-0.2, -0.15) is 5.10 Å². The molecule has 0 fully saturated rings. The highest BCUT2D eigenvalue weighted by molar-refractivity contribution is 6.35. The summed E-state index contributed by atoms with van der Waals surface area (Å²) in [5.41, 5.74) is 5.98. The van der Waals surface area contributed by atoms with Crippen LogP contribution in [0.2, 0.25) is 10.0 Å². The van der Waals surface area contributed by atoms with Crippen molar-refractivity contribution in [2.45, 2.75) is 25.7 Å². The predicted molar refractivity (Wildman–Crippen MR) is 101 cm³/mol. The van der Waals surface area contributed by atoms with E-state index in [4.69, 9.17) is 27.9 Å². The molecule has 3 rings (SSSR count). The number of nitrogens with one attached hydrogen (secondary N) is 1. The maximum atomic E-state index is 11.9. The Bertz CT molecular complexity index is 806. The van der Waals surface area contributed by atoms with Gasteiger partial charge in [0.2, 0.25) is 5.91 Å². The standard InChI is InChI=1S/C19H18Cl2N2O2/c20-14-8-10-18(16(21)12-14)25-11-3-6-19(24)23-22-17-9-7-13-4-1-2-5-15(13)17/h1-2,4-5,8,10,12H,3,6-7,9,11H2,(H,23,24)/b22-17-. The van der Waals surface area contributed by atoms with Crippen molar-refractivity contribution in [1.82, 2.24) is 5.43 Å². The van der Waals surface area contributed by atoms with Gasteiger partial charge in [-0.1, -0.05) is 47.5 Å². The van der Waals surface area contributed by atoms with Crippen LogP contribution in [0, 0.1) is 0 Å². The van der Waals surface area contributed by atoms with Gasteiger partial charge >= 0.3 is 0 Å². The molecule has 1 N–H and O–H groups in total. The smallest absolute Gasteiger partial charge is 0.240 e. The fourth-order valence-electron chi connectivity index (χ4n) is 2.72. The van der Waals surface area contributed by atoms with E-state index in [1.54, 1.807) is 18.2 Å². The predicted octanol–water partition coefficient (Wildman–Crippen LogP) is 4.62. The molecule has 0 aliphatic heterocycles. The number of carbonyl (C=O) groups is 1. The minimum atomic E-state index is -0.123. The van der Waals surface area contributed by atoms with Crippen molar-refractivity contribution >= 4 is 34.8 Å². The van der Waals surface area contributed by atoms with Gasteiger partial charge in [-0.05, 0) is 43.0 Å². The molecule has 0 heterocycles. The Kier molecular flexibility index (Phi) is 5.95. The molecule has 0 radical (unpaired) electrons. The van der Waals surface area contributed by atoms with Crippen LogP contribution in [0.5, 0.6) is 5.75 Å². The maximum absolute atomic E-state index is 11.9. The SMILES string of the molecule is O=C(CCCOc1ccc(Cl)cc1Cl)N/N=C1/CCc2ccccc21. The summed E-state index contributed by atoms with van der Waals surface area (Å²) in [4.78, 5) is 11.9. The second-order valence-corrected chi connectivity index (χ2v) is 6.62. The molecule has 4 nitrogen and oxygen atoms in total. The summed E-state index contributed by atoms with van der Waals surface area (Å²) < 4.78 is 5.56. The first kappa shape index (κ1) is 17.8. The Balaban J connectivity index is 1.42. The average Bonchev–Trinajstić information content (AvgIpc) is 3.01. The van der Waals surface area contributed by atoms with E-state index in [9.17, 15) is 4.79 Å². The van der Waals surface area contributed by atoms with Crippen LogP contribution in [-0.2, 0) is 11.2 Å². The van der Waals surface area contributed by atoms with Crippen LogP contribution in [0.4, 0.5) is 0 Å². The molecule has 2 aromatic carbocycles. The summed E-state index contributed by atoms with van der Waals surface area (Å²) in [6, 6.07) is 13.2. The van der Waals surface area contributed by atoms with Crippen molar-refractivity contribution in [3.05, 3.63) is 63.6 Å².